The number of fused-ring (bicyclic) bond motifs is 1. The van der Waals surface area contributed by atoms with Crippen LogP contribution >= 0.6 is 0 Å². The summed E-state index contributed by atoms with van der Waals surface area (Å²) in [4.78, 5) is 12.4. The van der Waals surface area contributed by atoms with Crippen molar-refractivity contribution in [2.45, 2.75) is 26.8 Å². The molecule has 0 fully saturated rings. The SMILES string of the molecule is CCOC(=O)C1=C(C)Nc2nnnn2[C@@H]1c1ccc(C)cc1. The van der Waals surface area contributed by atoms with Crippen LogP contribution in [0.5, 0.6) is 0 Å². The molecular weight excluding hydrogens is 282 g/mol. The summed E-state index contributed by atoms with van der Waals surface area (Å²) in [5.74, 6) is 0.148. The molecule has 2 aromatic rings. The standard InChI is InChI=1S/C15H17N5O2/c1-4-22-14(21)12-10(3)16-15-17-18-19-20(15)13(12)11-7-5-9(2)6-8-11/h5-8,13H,4H2,1-3H3,(H,16,17,19)/t13-/m1/s1. The highest BCUT2D eigenvalue weighted by Gasteiger charge is 2.34. The van der Waals surface area contributed by atoms with Gasteiger partial charge in [0, 0.05) is 5.70 Å². The molecule has 0 spiro atoms. The van der Waals surface area contributed by atoms with E-state index in [9.17, 15) is 4.79 Å². The van der Waals surface area contributed by atoms with Crippen LogP contribution in [-0.4, -0.2) is 32.8 Å². The molecule has 7 nitrogen and oxygen atoms in total. The fourth-order valence-electron chi connectivity index (χ4n) is 2.54. The largest absolute Gasteiger partial charge is 0.463 e. The van der Waals surface area contributed by atoms with E-state index < -0.39 is 6.04 Å². The van der Waals surface area contributed by atoms with Crippen molar-refractivity contribution in [1.82, 2.24) is 20.2 Å². The fourth-order valence-corrected chi connectivity index (χ4v) is 2.54. The van der Waals surface area contributed by atoms with Crippen LogP contribution < -0.4 is 5.32 Å². The van der Waals surface area contributed by atoms with Crippen molar-refractivity contribution in [3.8, 4) is 0 Å². The Bertz CT molecular complexity index is 733. The minimum absolute atomic E-state index is 0.318. The third-order valence-electron chi connectivity index (χ3n) is 3.60. The van der Waals surface area contributed by atoms with Gasteiger partial charge in [0.05, 0.1) is 12.2 Å². The van der Waals surface area contributed by atoms with Crippen LogP contribution in [0.1, 0.15) is 31.0 Å². The van der Waals surface area contributed by atoms with Crippen LogP contribution in [0.3, 0.4) is 0 Å². The van der Waals surface area contributed by atoms with Crippen molar-refractivity contribution in [3.63, 3.8) is 0 Å². The second-order valence-electron chi connectivity index (χ2n) is 5.14. The molecule has 1 aliphatic rings. The van der Waals surface area contributed by atoms with Gasteiger partial charge in [0.2, 0.25) is 5.95 Å². The average molecular weight is 299 g/mol. The van der Waals surface area contributed by atoms with Gasteiger partial charge in [0.25, 0.3) is 0 Å². The van der Waals surface area contributed by atoms with Crippen molar-refractivity contribution < 1.29 is 9.53 Å². The first kappa shape index (κ1) is 14.2. The number of benzene rings is 1. The predicted octanol–water partition coefficient (Wildman–Crippen LogP) is 1.83. The topological polar surface area (TPSA) is 81.9 Å². The molecule has 3 rings (SSSR count). The lowest BCUT2D eigenvalue weighted by Gasteiger charge is -2.27. The summed E-state index contributed by atoms with van der Waals surface area (Å²) >= 11 is 0. The van der Waals surface area contributed by atoms with Gasteiger partial charge in [-0.1, -0.05) is 34.9 Å². The summed E-state index contributed by atoms with van der Waals surface area (Å²) in [6.07, 6.45) is 0. The van der Waals surface area contributed by atoms with Crippen molar-refractivity contribution in [1.29, 1.82) is 0 Å². The second-order valence-corrected chi connectivity index (χ2v) is 5.14. The van der Waals surface area contributed by atoms with E-state index in [0.717, 1.165) is 11.1 Å². The summed E-state index contributed by atoms with van der Waals surface area (Å²) in [7, 11) is 0. The average Bonchev–Trinajstić information content (AvgIpc) is 2.94. The molecule has 1 aromatic heterocycles. The fraction of sp³-hybridized carbons (Fsp3) is 0.333. The highest BCUT2D eigenvalue weighted by Crippen LogP contribution is 2.34. The molecule has 1 atom stereocenters. The van der Waals surface area contributed by atoms with Gasteiger partial charge in [-0.05, 0) is 36.8 Å². The first-order valence-corrected chi connectivity index (χ1v) is 7.11. The van der Waals surface area contributed by atoms with Crippen LogP contribution in [0, 0.1) is 6.92 Å². The zero-order valence-electron chi connectivity index (χ0n) is 12.7. The first-order valence-electron chi connectivity index (χ1n) is 7.11. The minimum Gasteiger partial charge on any atom is -0.463 e. The number of aryl methyl sites for hydroxylation is 1. The number of tetrazole rings is 1. The van der Waals surface area contributed by atoms with Crippen LogP contribution in [0.15, 0.2) is 35.5 Å². The number of ether oxygens (including phenoxy) is 1. The van der Waals surface area contributed by atoms with E-state index in [1.54, 1.807) is 11.6 Å². The highest BCUT2D eigenvalue weighted by molar-refractivity contribution is 5.92. The Kier molecular flexibility index (Phi) is 3.62. The number of hydrogen-bond donors (Lipinski definition) is 1. The quantitative estimate of drug-likeness (QED) is 0.871. The zero-order chi connectivity index (χ0) is 15.7. The molecule has 0 saturated heterocycles. The van der Waals surface area contributed by atoms with Gasteiger partial charge in [-0.3, -0.25) is 0 Å². The number of anilines is 1. The molecule has 0 bridgehead atoms. The van der Waals surface area contributed by atoms with Crippen molar-refractivity contribution in [3.05, 3.63) is 46.7 Å². The van der Waals surface area contributed by atoms with Crippen LogP contribution in [0.2, 0.25) is 0 Å². The van der Waals surface area contributed by atoms with Crippen LogP contribution in [0.25, 0.3) is 0 Å². The number of nitrogens with zero attached hydrogens (tertiary/aromatic N) is 4. The number of nitrogens with one attached hydrogen (secondary N) is 1. The predicted molar refractivity (Wildman–Crippen MR) is 80.1 cm³/mol. The number of carbonyl (C=O) groups is 1. The molecule has 0 unspecified atom stereocenters. The maximum absolute atomic E-state index is 12.4. The molecule has 0 aliphatic carbocycles. The van der Waals surface area contributed by atoms with E-state index in [1.807, 2.05) is 38.1 Å². The molecule has 0 radical (unpaired) electrons. The minimum atomic E-state index is -0.397. The molecular formula is C15H17N5O2. The van der Waals surface area contributed by atoms with Crippen molar-refractivity contribution in [2.75, 3.05) is 11.9 Å². The molecule has 1 aromatic carbocycles. The summed E-state index contributed by atoms with van der Waals surface area (Å²) in [5, 5.41) is 14.7. The van der Waals surface area contributed by atoms with Gasteiger partial charge in [0.15, 0.2) is 0 Å². The summed E-state index contributed by atoms with van der Waals surface area (Å²) in [5.41, 5.74) is 3.30. The molecule has 22 heavy (non-hydrogen) atoms. The Morgan fingerprint density at radius 3 is 2.73 bits per heavy atom. The third-order valence-corrected chi connectivity index (χ3v) is 3.60. The van der Waals surface area contributed by atoms with Crippen LogP contribution in [-0.2, 0) is 9.53 Å². The summed E-state index contributed by atoms with van der Waals surface area (Å²) in [6.45, 7) is 5.94. The maximum Gasteiger partial charge on any atom is 0.338 e. The van der Waals surface area contributed by atoms with Gasteiger partial charge in [-0.25, -0.2) is 4.79 Å². The number of esters is 1. The second kappa shape index (κ2) is 5.59. The molecule has 1 N–H and O–H groups in total. The van der Waals surface area contributed by atoms with Gasteiger partial charge in [0.1, 0.15) is 6.04 Å². The zero-order valence-corrected chi connectivity index (χ0v) is 12.7. The van der Waals surface area contributed by atoms with E-state index in [0.29, 0.717) is 23.8 Å². The van der Waals surface area contributed by atoms with Crippen molar-refractivity contribution >= 4 is 11.9 Å². The molecule has 0 amide bonds. The molecule has 1 aliphatic heterocycles. The Balaban J connectivity index is 2.13. The van der Waals surface area contributed by atoms with E-state index in [4.69, 9.17) is 4.74 Å². The number of rotatable bonds is 3. The Morgan fingerprint density at radius 1 is 1.32 bits per heavy atom. The third kappa shape index (κ3) is 2.34. The number of allylic oxidation sites excluding steroid dienone is 1. The molecule has 114 valence electrons. The van der Waals surface area contributed by atoms with E-state index in [1.165, 1.54) is 0 Å². The van der Waals surface area contributed by atoms with Gasteiger partial charge >= 0.3 is 5.97 Å². The monoisotopic (exact) mass is 299 g/mol. The van der Waals surface area contributed by atoms with Gasteiger partial charge < -0.3 is 10.1 Å². The Morgan fingerprint density at radius 2 is 2.05 bits per heavy atom. The molecule has 7 heteroatoms. The number of hydrogen-bond acceptors (Lipinski definition) is 6. The van der Waals surface area contributed by atoms with E-state index in [2.05, 4.69) is 20.8 Å². The van der Waals surface area contributed by atoms with Gasteiger partial charge in [-0.2, -0.15) is 4.68 Å². The Hall–Kier alpha value is -2.70. The van der Waals surface area contributed by atoms with Crippen molar-refractivity contribution in [2.24, 2.45) is 0 Å². The summed E-state index contributed by atoms with van der Waals surface area (Å²) in [6, 6.07) is 7.55. The highest BCUT2D eigenvalue weighted by atomic mass is 16.5. The normalized spacial score (nSPS) is 17.0. The summed E-state index contributed by atoms with van der Waals surface area (Å²) < 4.78 is 6.80. The van der Waals surface area contributed by atoms with E-state index >= 15 is 0 Å². The number of carbonyl (C=O) groups excluding carboxylic acids is 1. The Labute approximate surface area is 128 Å². The lowest BCUT2D eigenvalue weighted by molar-refractivity contribution is -0.139. The lowest BCUT2D eigenvalue weighted by atomic mass is 9.95. The van der Waals surface area contributed by atoms with Gasteiger partial charge in [-0.15, -0.1) is 0 Å². The maximum atomic E-state index is 12.4. The number of aromatic nitrogens is 4. The van der Waals surface area contributed by atoms with Crippen LogP contribution in [0.4, 0.5) is 5.95 Å². The lowest BCUT2D eigenvalue weighted by Crippen LogP contribution is -2.29. The first-order chi connectivity index (χ1) is 10.6. The molecule has 2 heterocycles. The van der Waals surface area contributed by atoms with E-state index in [-0.39, 0.29) is 5.97 Å². The smallest absolute Gasteiger partial charge is 0.338 e. The molecule has 0 saturated carbocycles.